The van der Waals surface area contributed by atoms with Crippen molar-refractivity contribution in [3.05, 3.63) is 12.7 Å². The smallest absolute Gasteiger partial charge is 0.407 e. The summed E-state index contributed by atoms with van der Waals surface area (Å²) in [6.07, 6.45) is 3.49. The highest BCUT2D eigenvalue weighted by Gasteiger charge is 2.30. The molecular formula is C13H22N2O3. The number of hydrogen-bond acceptors (Lipinski definition) is 3. The maximum Gasteiger partial charge on any atom is 0.407 e. The van der Waals surface area contributed by atoms with Gasteiger partial charge in [0.1, 0.15) is 5.60 Å². The first-order chi connectivity index (χ1) is 8.31. The van der Waals surface area contributed by atoms with E-state index in [4.69, 9.17) is 4.74 Å². The number of nitrogens with one attached hydrogen (secondary N) is 2. The summed E-state index contributed by atoms with van der Waals surface area (Å²) in [5.41, 5.74) is -0.511. The fraction of sp³-hybridized carbons (Fsp3) is 0.692. The average molecular weight is 254 g/mol. The van der Waals surface area contributed by atoms with Crippen LogP contribution in [0.1, 0.15) is 40.0 Å². The predicted octanol–water partition coefficient (Wildman–Crippen LogP) is 1.73. The zero-order valence-electron chi connectivity index (χ0n) is 11.3. The van der Waals surface area contributed by atoms with Gasteiger partial charge < -0.3 is 15.4 Å². The molecule has 0 spiro atoms. The molecule has 2 amide bonds. The van der Waals surface area contributed by atoms with E-state index in [0.717, 1.165) is 19.3 Å². The Morgan fingerprint density at radius 1 is 1.22 bits per heavy atom. The topological polar surface area (TPSA) is 67.4 Å². The van der Waals surface area contributed by atoms with Gasteiger partial charge in [-0.15, -0.1) is 0 Å². The molecule has 0 heterocycles. The maximum absolute atomic E-state index is 11.6. The van der Waals surface area contributed by atoms with Gasteiger partial charge in [0.05, 0.1) is 6.04 Å². The molecule has 2 N–H and O–H groups in total. The molecule has 102 valence electrons. The molecule has 1 aliphatic carbocycles. The molecule has 0 unspecified atom stereocenters. The first-order valence-electron chi connectivity index (χ1n) is 6.24. The van der Waals surface area contributed by atoms with Gasteiger partial charge in [0.15, 0.2) is 0 Å². The van der Waals surface area contributed by atoms with Crippen LogP contribution < -0.4 is 10.6 Å². The molecule has 0 bridgehead atoms. The minimum atomic E-state index is -0.511. The molecule has 1 rings (SSSR count). The van der Waals surface area contributed by atoms with Crippen molar-refractivity contribution < 1.29 is 14.3 Å². The molecule has 0 radical (unpaired) electrons. The Labute approximate surface area is 108 Å². The zero-order chi connectivity index (χ0) is 13.8. The summed E-state index contributed by atoms with van der Waals surface area (Å²) in [4.78, 5) is 22.9. The standard InChI is InChI=1S/C13H22N2O3/c1-5-11(16)14-9-7-6-8-10(9)15-12(17)18-13(2,3)4/h5,9-10H,1,6-8H2,2-4H3,(H,14,16)(H,15,17)/t9-,10+/m0/s1. The van der Waals surface area contributed by atoms with E-state index in [1.165, 1.54) is 6.08 Å². The molecule has 0 aromatic heterocycles. The summed E-state index contributed by atoms with van der Waals surface area (Å²) in [5, 5.41) is 5.62. The first-order valence-corrected chi connectivity index (χ1v) is 6.24. The lowest BCUT2D eigenvalue weighted by Gasteiger charge is -2.25. The van der Waals surface area contributed by atoms with E-state index < -0.39 is 11.7 Å². The Kier molecular flexibility index (Phi) is 4.76. The third kappa shape index (κ3) is 4.77. The van der Waals surface area contributed by atoms with E-state index in [2.05, 4.69) is 17.2 Å². The van der Waals surface area contributed by atoms with Crippen LogP contribution >= 0.6 is 0 Å². The van der Waals surface area contributed by atoms with Crippen LogP contribution in [0.3, 0.4) is 0 Å². The first kappa shape index (κ1) is 14.5. The number of rotatable bonds is 3. The van der Waals surface area contributed by atoms with Gasteiger partial charge in [-0.05, 0) is 46.1 Å². The Morgan fingerprint density at radius 3 is 2.28 bits per heavy atom. The van der Waals surface area contributed by atoms with Crippen LogP contribution in [0.2, 0.25) is 0 Å². The summed E-state index contributed by atoms with van der Waals surface area (Å²) >= 11 is 0. The van der Waals surface area contributed by atoms with E-state index in [9.17, 15) is 9.59 Å². The molecule has 5 heteroatoms. The third-order valence-electron chi connectivity index (χ3n) is 2.73. The fourth-order valence-corrected chi connectivity index (χ4v) is 2.01. The second-order valence-electron chi connectivity index (χ2n) is 5.50. The minimum absolute atomic E-state index is 0.0389. The maximum atomic E-state index is 11.6. The zero-order valence-corrected chi connectivity index (χ0v) is 11.3. The summed E-state index contributed by atoms with van der Waals surface area (Å²) in [6.45, 7) is 8.87. The van der Waals surface area contributed by atoms with E-state index in [0.29, 0.717) is 0 Å². The van der Waals surface area contributed by atoms with Crippen LogP contribution in [0.5, 0.6) is 0 Å². The highest BCUT2D eigenvalue weighted by Crippen LogP contribution is 2.19. The quantitative estimate of drug-likeness (QED) is 0.754. The van der Waals surface area contributed by atoms with Gasteiger partial charge in [0.25, 0.3) is 0 Å². The number of carbonyl (C=O) groups is 2. The van der Waals surface area contributed by atoms with Crippen molar-refractivity contribution in [2.24, 2.45) is 0 Å². The summed E-state index contributed by atoms with van der Waals surface area (Å²) in [7, 11) is 0. The van der Waals surface area contributed by atoms with Gasteiger partial charge >= 0.3 is 6.09 Å². The van der Waals surface area contributed by atoms with Crippen molar-refractivity contribution in [1.29, 1.82) is 0 Å². The molecule has 18 heavy (non-hydrogen) atoms. The van der Waals surface area contributed by atoms with Crippen LogP contribution in [0, 0.1) is 0 Å². The fourth-order valence-electron chi connectivity index (χ4n) is 2.01. The second kappa shape index (κ2) is 5.89. The lowest BCUT2D eigenvalue weighted by Crippen LogP contribution is -2.49. The Balaban J connectivity index is 2.47. The average Bonchev–Trinajstić information content (AvgIpc) is 2.62. The van der Waals surface area contributed by atoms with Crippen molar-refractivity contribution in [3.63, 3.8) is 0 Å². The van der Waals surface area contributed by atoms with Gasteiger partial charge in [0.2, 0.25) is 5.91 Å². The van der Waals surface area contributed by atoms with Crippen LogP contribution in [0.15, 0.2) is 12.7 Å². The minimum Gasteiger partial charge on any atom is -0.444 e. The molecule has 1 saturated carbocycles. The summed E-state index contributed by atoms with van der Waals surface area (Å²) in [5.74, 6) is -0.210. The number of alkyl carbamates (subject to hydrolysis) is 1. The number of ether oxygens (including phenoxy) is 1. The molecule has 0 aliphatic heterocycles. The van der Waals surface area contributed by atoms with Gasteiger partial charge in [-0.25, -0.2) is 4.79 Å². The van der Waals surface area contributed by atoms with Crippen LogP contribution in [0.25, 0.3) is 0 Å². The third-order valence-corrected chi connectivity index (χ3v) is 2.73. The lowest BCUT2D eigenvalue weighted by atomic mass is 10.1. The van der Waals surface area contributed by atoms with Gasteiger partial charge in [-0.2, -0.15) is 0 Å². The van der Waals surface area contributed by atoms with Crippen molar-refractivity contribution in [2.75, 3.05) is 0 Å². The Morgan fingerprint density at radius 2 is 1.78 bits per heavy atom. The van der Waals surface area contributed by atoms with E-state index in [-0.39, 0.29) is 18.0 Å². The van der Waals surface area contributed by atoms with Crippen LogP contribution in [0.4, 0.5) is 4.79 Å². The normalized spacial score (nSPS) is 23.3. The molecule has 0 saturated heterocycles. The summed E-state index contributed by atoms with van der Waals surface area (Å²) in [6, 6.07) is -0.105. The van der Waals surface area contributed by atoms with E-state index >= 15 is 0 Å². The largest absolute Gasteiger partial charge is 0.444 e. The van der Waals surface area contributed by atoms with Crippen molar-refractivity contribution in [2.45, 2.75) is 57.7 Å². The highest BCUT2D eigenvalue weighted by atomic mass is 16.6. The summed E-state index contributed by atoms with van der Waals surface area (Å²) < 4.78 is 5.20. The second-order valence-corrected chi connectivity index (χ2v) is 5.50. The van der Waals surface area contributed by atoms with Crippen LogP contribution in [-0.4, -0.2) is 29.7 Å². The Bertz CT molecular complexity index is 334. The number of hydrogen-bond donors (Lipinski definition) is 2. The van der Waals surface area contributed by atoms with Crippen molar-refractivity contribution >= 4 is 12.0 Å². The molecule has 1 fully saturated rings. The molecule has 0 aromatic carbocycles. The van der Waals surface area contributed by atoms with Crippen LogP contribution in [-0.2, 0) is 9.53 Å². The Hall–Kier alpha value is -1.52. The SMILES string of the molecule is C=CC(=O)N[C@H]1CCC[C@H]1NC(=O)OC(C)(C)C. The van der Waals surface area contributed by atoms with E-state index in [1.54, 1.807) is 0 Å². The van der Waals surface area contributed by atoms with Gasteiger partial charge in [-0.3, -0.25) is 4.79 Å². The van der Waals surface area contributed by atoms with Crippen molar-refractivity contribution in [1.82, 2.24) is 10.6 Å². The number of amides is 2. The van der Waals surface area contributed by atoms with Crippen molar-refractivity contribution in [3.8, 4) is 0 Å². The molecule has 2 atom stereocenters. The lowest BCUT2D eigenvalue weighted by molar-refractivity contribution is -0.117. The van der Waals surface area contributed by atoms with Gasteiger partial charge in [-0.1, -0.05) is 6.58 Å². The predicted molar refractivity (Wildman–Crippen MR) is 69.1 cm³/mol. The number of carbonyl (C=O) groups excluding carboxylic acids is 2. The molecular weight excluding hydrogens is 232 g/mol. The molecule has 5 nitrogen and oxygen atoms in total. The van der Waals surface area contributed by atoms with E-state index in [1.807, 2.05) is 20.8 Å². The molecule has 0 aromatic rings. The van der Waals surface area contributed by atoms with Gasteiger partial charge in [0, 0.05) is 6.04 Å². The highest BCUT2D eigenvalue weighted by molar-refractivity contribution is 5.87. The molecule has 1 aliphatic rings. The monoisotopic (exact) mass is 254 g/mol.